The first-order chi connectivity index (χ1) is 14.2. The summed E-state index contributed by atoms with van der Waals surface area (Å²) in [4.78, 5) is 23.8. The molecule has 0 aliphatic heterocycles. The maximum atomic E-state index is 13.2. The minimum atomic E-state index is -0.615. The Bertz CT molecular complexity index is 1050. The Morgan fingerprint density at radius 3 is 2.30 bits per heavy atom. The Balaban J connectivity index is 2.01. The number of aromatic nitrogens is 1. The van der Waals surface area contributed by atoms with Gasteiger partial charge in [-0.05, 0) is 64.1 Å². The van der Waals surface area contributed by atoms with Crippen molar-refractivity contribution in [3.63, 3.8) is 0 Å². The molecule has 0 bridgehead atoms. The molecule has 2 aromatic carbocycles. The van der Waals surface area contributed by atoms with Gasteiger partial charge in [-0.15, -0.1) is 0 Å². The van der Waals surface area contributed by atoms with Crippen LogP contribution in [-0.2, 0) is 0 Å². The Morgan fingerprint density at radius 1 is 1.13 bits per heavy atom. The maximum Gasteiger partial charge on any atom is 0.347 e. The molecule has 3 aromatic rings. The molecule has 0 unspecified atom stereocenters. The molecule has 3 rings (SSSR count). The molecule has 8 heteroatoms. The van der Waals surface area contributed by atoms with Gasteiger partial charge < -0.3 is 4.74 Å². The van der Waals surface area contributed by atoms with E-state index in [1.54, 1.807) is 16.7 Å². The molecule has 0 atom stereocenters. The summed E-state index contributed by atoms with van der Waals surface area (Å²) in [5.74, 6) is 0.699. The molecule has 0 saturated heterocycles. The number of carbonyl (C=O) groups is 1. The molecule has 0 spiro atoms. The van der Waals surface area contributed by atoms with Crippen LogP contribution in [0.15, 0.2) is 53.9 Å². The van der Waals surface area contributed by atoms with Gasteiger partial charge in [0.2, 0.25) is 0 Å². The summed E-state index contributed by atoms with van der Waals surface area (Å²) in [6, 6.07) is 13.7. The summed E-state index contributed by atoms with van der Waals surface area (Å²) in [5, 5.41) is 16.8. The van der Waals surface area contributed by atoms with Crippen LogP contribution in [0.3, 0.4) is 0 Å². The van der Waals surface area contributed by atoms with E-state index in [0.717, 1.165) is 17.0 Å². The van der Waals surface area contributed by atoms with Crippen LogP contribution in [0, 0.1) is 15.5 Å². The van der Waals surface area contributed by atoms with Crippen molar-refractivity contribution in [2.75, 3.05) is 11.9 Å². The normalized spacial score (nSPS) is 11.2. The zero-order valence-corrected chi connectivity index (χ0v) is 18.2. The van der Waals surface area contributed by atoms with Crippen molar-refractivity contribution in [3.05, 3.63) is 64.0 Å². The van der Waals surface area contributed by atoms with Crippen LogP contribution in [-0.4, -0.2) is 17.4 Å². The van der Waals surface area contributed by atoms with Crippen molar-refractivity contribution in [3.8, 4) is 17.0 Å². The standard InChI is InChI=1S/C22H23N3O4S/c1-5-29-18-12-8-16(9-13-18)23-21-24(20(26)22(2,3)4)19(14-30-21)15-6-10-17(11-7-15)25(27)28/h6-14H,5H2,1-4H3/p+1. The summed E-state index contributed by atoms with van der Waals surface area (Å²) in [5.41, 5.74) is 1.63. The van der Waals surface area contributed by atoms with Gasteiger partial charge in [-0.25, -0.2) is 10.1 Å². The highest BCUT2D eigenvalue weighted by Gasteiger charge is 2.34. The van der Waals surface area contributed by atoms with Crippen LogP contribution >= 0.6 is 11.3 Å². The molecule has 1 N–H and O–H groups in total. The zero-order valence-electron chi connectivity index (χ0n) is 17.3. The van der Waals surface area contributed by atoms with E-state index < -0.39 is 10.3 Å². The topological polar surface area (TPSA) is 85.3 Å². The molecule has 0 saturated carbocycles. The highest BCUT2D eigenvalue weighted by atomic mass is 32.1. The number of thiazole rings is 1. The first-order valence-corrected chi connectivity index (χ1v) is 10.4. The fourth-order valence-corrected chi connectivity index (χ4v) is 3.75. The van der Waals surface area contributed by atoms with Crippen molar-refractivity contribution < 1.29 is 19.0 Å². The fraction of sp³-hybridized carbons (Fsp3) is 0.273. The van der Waals surface area contributed by atoms with E-state index in [0.29, 0.717) is 17.4 Å². The molecular weight excluding hydrogens is 402 g/mol. The molecule has 1 aromatic heterocycles. The minimum Gasteiger partial charge on any atom is -0.494 e. The first kappa shape index (κ1) is 21.4. The third-order valence-electron chi connectivity index (χ3n) is 4.36. The Kier molecular flexibility index (Phi) is 6.17. The van der Waals surface area contributed by atoms with Gasteiger partial charge in [0.25, 0.3) is 5.69 Å². The van der Waals surface area contributed by atoms with E-state index in [-0.39, 0.29) is 11.6 Å². The Hall–Kier alpha value is -3.26. The SMILES string of the molecule is CCOc1ccc(Nc2scc(-c3ccc([N+](=O)[O-])cc3)[n+]2C(=O)C(C)(C)C)cc1. The van der Waals surface area contributed by atoms with Gasteiger partial charge in [0.1, 0.15) is 11.4 Å². The third-order valence-corrected chi connectivity index (χ3v) is 5.21. The van der Waals surface area contributed by atoms with Gasteiger partial charge in [0, 0.05) is 23.1 Å². The average Bonchev–Trinajstić information content (AvgIpc) is 3.11. The van der Waals surface area contributed by atoms with Crippen LogP contribution in [0.1, 0.15) is 32.5 Å². The lowest BCUT2D eigenvalue weighted by molar-refractivity contribution is -0.548. The number of benzene rings is 2. The molecule has 7 nitrogen and oxygen atoms in total. The van der Waals surface area contributed by atoms with Crippen molar-refractivity contribution in [2.45, 2.75) is 27.7 Å². The molecule has 1 heterocycles. The number of hydrogen-bond donors (Lipinski definition) is 1. The monoisotopic (exact) mass is 426 g/mol. The van der Waals surface area contributed by atoms with E-state index in [1.165, 1.54) is 23.5 Å². The number of nitro groups is 1. The van der Waals surface area contributed by atoms with E-state index in [1.807, 2.05) is 57.3 Å². The lowest BCUT2D eigenvalue weighted by Gasteiger charge is -2.15. The summed E-state index contributed by atoms with van der Waals surface area (Å²) < 4.78 is 7.11. The average molecular weight is 427 g/mol. The fourth-order valence-electron chi connectivity index (χ4n) is 2.82. The molecule has 0 radical (unpaired) electrons. The van der Waals surface area contributed by atoms with Gasteiger partial charge in [0.05, 0.1) is 16.9 Å². The number of nitrogens with zero attached hydrogens (tertiary/aromatic N) is 2. The van der Waals surface area contributed by atoms with Crippen molar-refractivity contribution in [1.29, 1.82) is 0 Å². The number of ether oxygens (including phenoxy) is 1. The summed E-state index contributed by atoms with van der Waals surface area (Å²) in [6.07, 6.45) is 0. The Labute approximate surface area is 179 Å². The minimum absolute atomic E-state index is 0.00964. The van der Waals surface area contributed by atoms with Crippen molar-refractivity contribution in [2.24, 2.45) is 5.41 Å². The highest BCUT2D eigenvalue weighted by Crippen LogP contribution is 2.29. The molecule has 0 fully saturated rings. The van der Waals surface area contributed by atoms with Crippen LogP contribution in [0.25, 0.3) is 11.3 Å². The number of hydrogen-bond acceptors (Lipinski definition) is 6. The van der Waals surface area contributed by atoms with Gasteiger partial charge >= 0.3 is 11.0 Å². The molecule has 0 aliphatic rings. The molecule has 0 amide bonds. The second-order valence-electron chi connectivity index (χ2n) is 7.70. The highest BCUT2D eigenvalue weighted by molar-refractivity contribution is 7.13. The van der Waals surface area contributed by atoms with E-state index >= 15 is 0 Å². The van der Waals surface area contributed by atoms with Crippen molar-refractivity contribution >= 4 is 33.8 Å². The molecule has 156 valence electrons. The van der Waals surface area contributed by atoms with E-state index in [2.05, 4.69) is 5.32 Å². The second kappa shape index (κ2) is 8.62. The first-order valence-electron chi connectivity index (χ1n) is 9.53. The van der Waals surface area contributed by atoms with Crippen LogP contribution in [0.5, 0.6) is 5.75 Å². The van der Waals surface area contributed by atoms with Crippen LogP contribution in [0.2, 0.25) is 0 Å². The number of nitro benzene ring substituents is 1. The van der Waals surface area contributed by atoms with Gasteiger partial charge in [-0.1, -0.05) is 11.3 Å². The number of carbonyl (C=O) groups excluding carboxylic acids is 1. The number of non-ortho nitro benzene ring substituents is 1. The predicted molar refractivity (Wildman–Crippen MR) is 118 cm³/mol. The largest absolute Gasteiger partial charge is 0.494 e. The molecule has 30 heavy (non-hydrogen) atoms. The lowest BCUT2D eigenvalue weighted by atomic mass is 9.95. The smallest absolute Gasteiger partial charge is 0.347 e. The number of anilines is 2. The van der Waals surface area contributed by atoms with Gasteiger partial charge in [-0.3, -0.25) is 10.1 Å². The predicted octanol–water partition coefficient (Wildman–Crippen LogP) is 5.44. The quantitative estimate of drug-likeness (QED) is 0.322. The summed E-state index contributed by atoms with van der Waals surface area (Å²) in [6.45, 7) is 8.11. The Morgan fingerprint density at radius 2 is 1.77 bits per heavy atom. The second-order valence-corrected chi connectivity index (χ2v) is 8.56. The number of rotatable bonds is 6. The summed E-state index contributed by atoms with van der Waals surface area (Å²) >= 11 is 1.40. The summed E-state index contributed by atoms with van der Waals surface area (Å²) in [7, 11) is 0. The van der Waals surface area contributed by atoms with Gasteiger partial charge in [-0.2, -0.15) is 4.57 Å². The molecular formula is C22H24N3O4S+. The molecule has 0 aliphatic carbocycles. The van der Waals surface area contributed by atoms with E-state index in [9.17, 15) is 14.9 Å². The van der Waals surface area contributed by atoms with Crippen LogP contribution < -0.4 is 14.6 Å². The lowest BCUT2D eigenvalue weighted by Crippen LogP contribution is -2.50. The zero-order chi connectivity index (χ0) is 21.9. The third kappa shape index (κ3) is 4.65. The van der Waals surface area contributed by atoms with E-state index in [4.69, 9.17) is 4.74 Å². The van der Waals surface area contributed by atoms with Crippen molar-refractivity contribution in [1.82, 2.24) is 0 Å². The number of nitrogens with one attached hydrogen (secondary N) is 1. The maximum absolute atomic E-state index is 13.2. The van der Waals surface area contributed by atoms with Crippen LogP contribution in [0.4, 0.5) is 16.5 Å². The van der Waals surface area contributed by atoms with Gasteiger partial charge in [0.15, 0.2) is 5.69 Å².